The lowest BCUT2D eigenvalue weighted by atomic mass is 9.92. The Bertz CT molecular complexity index is 1530. The number of methoxy groups -OCH3 is 1. The van der Waals surface area contributed by atoms with Gasteiger partial charge in [0, 0.05) is 31.8 Å². The fourth-order valence-electron chi connectivity index (χ4n) is 5.67. The fourth-order valence-corrected chi connectivity index (χ4v) is 5.95. The number of epoxide rings is 1. The van der Waals surface area contributed by atoms with E-state index in [1.807, 2.05) is 45.0 Å². The van der Waals surface area contributed by atoms with Crippen molar-refractivity contribution in [2.24, 2.45) is 23.0 Å². The van der Waals surface area contributed by atoms with Crippen molar-refractivity contribution >= 4 is 35.4 Å². The van der Waals surface area contributed by atoms with Crippen molar-refractivity contribution in [1.29, 1.82) is 0 Å². The van der Waals surface area contributed by atoms with Crippen LogP contribution in [0.15, 0.2) is 54.6 Å². The van der Waals surface area contributed by atoms with Gasteiger partial charge in [0.15, 0.2) is 6.10 Å². The lowest BCUT2D eigenvalue weighted by Gasteiger charge is -2.29. The van der Waals surface area contributed by atoms with E-state index in [1.165, 1.54) is 13.2 Å². The molecule has 2 aromatic carbocycles. The Labute approximate surface area is 293 Å². The number of nitrogens with one attached hydrogen (secondary N) is 2. The summed E-state index contributed by atoms with van der Waals surface area (Å²) < 4.78 is 23.1. The number of halogens is 1. The second-order valence-electron chi connectivity index (χ2n) is 13.8. The summed E-state index contributed by atoms with van der Waals surface area (Å²) >= 11 is 6.32. The van der Waals surface area contributed by atoms with E-state index >= 15 is 0 Å². The third-order valence-corrected chi connectivity index (χ3v) is 9.12. The molecule has 0 spiro atoms. The Kier molecular flexibility index (Phi) is 12.9. The molecule has 0 bridgehead atoms. The molecule has 0 aliphatic carbocycles. The first kappa shape index (κ1) is 37.9. The standard InChI is InChI=1S/C37H48ClN3O8/c1-21(2)16-30-35(44)47-28(22(3)32-33(49-32)25-13-10-23(19-39)11-14-25)8-7-9-31(42)41-27(18-24-12-15-29(46-6)26(38)17-24)34(43)40-20-37(4,5)36(45)48-30/h7,9-15,17,21-22,27-28,30,32-33H,8,16,18-20,39H2,1-6H3,(H,40,43)(H,41,42)/b9-7+/t22?,27-,28+,30+,32-,33-/m1/s1. The maximum Gasteiger partial charge on any atom is 0.347 e. The van der Waals surface area contributed by atoms with E-state index in [0.29, 0.717) is 22.9 Å². The number of benzene rings is 2. The Morgan fingerprint density at radius 3 is 2.35 bits per heavy atom. The van der Waals surface area contributed by atoms with Crippen LogP contribution in [0.4, 0.5) is 0 Å². The maximum absolute atomic E-state index is 13.6. The van der Waals surface area contributed by atoms with Crippen molar-refractivity contribution < 1.29 is 38.1 Å². The average molecular weight is 698 g/mol. The monoisotopic (exact) mass is 697 g/mol. The van der Waals surface area contributed by atoms with Gasteiger partial charge in [0.05, 0.1) is 23.7 Å². The highest BCUT2D eigenvalue weighted by Gasteiger charge is 2.48. The molecule has 12 heteroatoms. The van der Waals surface area contributed by atoms with Crippen LogP contribution in [0.2, 0.25) is 5.02 Å². The highest BCUT2D eigenvalue weighted by atomic mass is 35.5. The van der Waals surface area contributed by atoms with E-state index in [1.54, 1.807) is 38.1 Å². The van der Waals surface area contributed by atoms with E-state index in [2.05, 4.69) is 10.6 Å². The number of cyclic esters (lactones) is 2. The minimum atomic E-state index is -1.21. The third kappa shape index (κ3) is 10.3. The van der Waals surface area contributed by atoms with Gasteiger partial charge >= 0.3 is 11.9 Å². The Morgan fingerprint density at radius 2 is 1.71 bits per heavy atom. The molecular formula is C37H48ClN3O8. The van der Waals surface area contributed by atoms with Crippen LogP contribution in [0, 0.1) is 17.3 Å². The first-order valence-electron chi connectivity index (χ1n) is 16.7. The van der Waals surface area contributed by atoms with Crippen molar-refractivity contribution in [3.05, 3.63) is 76.3 Å². The predicted molar refractivity (Wildman–Crippen MR) is 185 cm³/mol. The molecule has 6 atom stereocenters. The van der Waals surface area contributed by atoms with Gasteiger partial charge in [-0.25, -0.2) is 4.79 Å². The minimum absolute atomic E-state index is 0.0121. The van der Waals surface area contributed by atoms with E-state index in [-0.39, 0.29) is 49.9 Å². The van der Waals surface area contributed by atoms with Gasteiger partial charge in [-0.2, -0.15) is 0 Å². The molecule has 0 saturated carbocycles. The molecule has 1 unspecified atom stereocenters. The lowest BCUT2D eigenvalue weighted by Crippen LogP contribution is -2.51. The van der Waals surface area contributed by atoms with Crippen molar-refractivity contribution in [2.75, 3.05) is 13.7 Å². The molecule has 0 radical (unpaired) electrons. The number of rotatable bonds is 9. The van der Waals surface area contributed by atoms with E-state index in [0.717, 1.165) is 11.1 Å². The van der Waals surface area contributed by atoms with Crippen molar-refractivity contribution in [3.8, 4) is 5.75 Å². The number of carbonyl (C=O) groups is 4. The molecule has 4 N–H and O–H groups in total. The zero-order chi connectivity index (χ0) is 35.9. The first-order chi connectivity index (χ1) is 23.2. The van der Waals surface area contributed by atoms with Crippen LogP contribution in [0.5, 0.6) is 5.75 Å². The normalized spacial score (nSPS) is 26.2. The summed E-state index contributed by atoms with van der Waals surface area (Å²) in [5, 5.41) is 5.91. The van der Waals surface area contributed by atoms with Crippen molar-refractivity contribution in [3.63, 3.8) is 0 Å². The summed E-state index contributed by atoms with van der Waals surface area (Å²) in [7, 11) is 1.50. The van der Waals surface area contributed by atoms with Gasteiger partial charge in [-0.15, -0.1) is 0 Å². The molecule has 2 amide bonds. The molecule has 11 nitrogen and oxygen atoms in total. The minimum Gasteiger partial charge on any atom is -0.495 e. The SMILES string of the molecule is COc1ccc(C[C@H]2NC(=O)/C=C/C[C@@H](C(C)[C@H]3O[C@@H]3c3ccc(CN)cc3)OC(=O)[C@H](CC(C)C)OC(=O)C(C)(C)CNC2=O)cc1Cl. The fraction of sp³-hybridized carbons (Fsp3) is 0.514. The van der Waals surface area contributed by atoms with Gasteiger partial charge in [-0.05, 0) is 61.1 Å². The molecule has 1 saturated heterocycles. The molecule has 0 aromatic heterocycles. The maximum atomic E-state index is 13.6. The zero-order valence-corrected chi connectivity index (χ0v) is 29.8. The van der Waals surface area contributed by atoms with Gasteiger partial charge in [-0.3, -0.25) is 14.4 Å². The number of amides is 2. The molecule has 4 rings (SSSR count). The summed E-state index contributed by atoms with van der Waals surface area (Å²) in [6, 6.07) is 12.0. The predicted octanol–water partition coefficient (Wildman–Crippen LogP) is 4.58. The van der Waals surface area contributed by atoms with Crippen LogP contribution in [0.1, 0.15) is 70.3 Å². The number of nitrogens with two attached hydrogens (primary N) is 1. The molecule has 2 aliphatic rings. The second kappa shape index (κ2) is 16.7. The molecule has 1 fully saturated rings. The topological polar surface area (TPSA) is 159 Å². The molecular weight excluding hydrogens is 650 g/mol. The van der Waals surface area contributed by atoms with Crippen LogP contribution in [0.25, 0.3) is 0 Å². The average Bonchev–Trinajstić information content (AvgIpc) is 3.86. The van der Waals surface area contributed by atoms with Crippen LogP contribution >= 0.6 is 11.6 Å². The molecule has 2 aliphatic heterocycles. The summed E-state index contributed by atoms with van der Waals surface area (Å²) in [5.74, 6) is -2.14. The second-order valence-corrected chi connectivity index (χ2v) is 14.2. The highest BCUT2D eigenvalue weighted by molar-refractivity contribution is 6.32. The van der Waals surface area contributed by atoms with Crippen LogP contribution in [-0.4, -0.2) is 61.8 Å². The Hall–Kier alpha value is -3.93. The molecule has 2 aromatic rings. The van der Waals surface area contributed by atoms with Gasteiger partial charge in [-0.1, -0.05) is 68.8 Å². The summed E-state index contributed by atoms with van der Waals surface area (Å²) in [6.07, 6.45) is 1.18. The van der Waals surface area contributed by atoms with Crippen molar-refractivity contribution in [1.82, 2.24) is 10.6 Å². The Balaban J connectivity index is 1.60. The van der Waals surface area contributed by atoms with Gasteiger partial charge in [0.25, 0.3) is 0 Å². The smallest absolute Gasteiger partial charge is 0.347 e. The first-order valence-corrected chi connectivity index (χ1v) is 17.0. The highest BCUT2D eigenvalue weighted by Crippen LogP contribution is 2.45. The number of hydrogen-bond acceptors (Lipinski definition) is 9. The summed E-state index contributed by atoms with van der Waals surface area (Å²) in [4.78, 5) is 53.7. The number of ether oxygens (including phenoxy) is 4. The molecule has 266 valence electrons. The van der Waals surface area contributed by atoms with E-state index in [9.17, 15) is 19.2 Å². The number of hydrogen-bond donors (Lipinski definition) is 3. The largest absolute Gasteiger partial charge is 0.495 e. The van der Waals surface area contributed by atoms with E-state index < -0.39 is 47.4 Å². The quantitative estimate of drug-likeness (QED) is 0.252. The Morgan fingerprint density at radius 1 is 1.02 bits per heavy atom. The van der Waals surface area contributed by atoms with E-state index in [4.69, 9.17) is 36.3 Å². The molecule has 49 heavy (non-hydrogen) atoms. The zero-order valence-electron chi connectivity index (χ0n) is 29.0. The third-order valence-electron chi connectivity index (χ3n) is 8.82. The summed E-state index contributed by atoms with van der Waals surface area (Å²) in [5.41, 5.74) is 7.22. The van der Waals surface area contributed by atoms with Crippen LogP contribution in [-0.2, 0) is 46.4 Å². The summed E-state index contributed by atoms with van der Waals surface area (Å²) in [6.45, 7) is 9.33. The number of carbonyl (C=O) groups excluding carboxylic acids is 4. The number of esters is 2. The lowest BCUT2D eigenvalue weighted by molar-refractivity contribution is -0.179. The molecule has 2 heterocycles. The van der Waals surface area contributed by atoms with Gasteiger partial charge in [0.1, 0.15) is 24.0 Å². The van der Waals surface area contributed by atoms with Crippen molar-refractivity contribution in [2.45, 2.75) is 90.9 Å². The van der Waals surface area contributed by atoms with Gasteiger partial charge in [0.2, 0.25) is 11.8 Å². The van der Waals surface area contributed by atoms with Gasteiger partial charge < -0.3 is 35.3 Å². The van der Waals surface area contributed by atoms with Crippen LogP contribution in [0.3, 0.4) is 0 Å². The van der Waals surface area contributed by atoms with Crippen LogP contribution < -0.4 is 21.1 Å².